The molecule has 1 aromatic heterocycles. The summed E-state index contributed by atoms with van der Waals surface area (Å²) in [6.07, 6.45) is -1.31. The van der Waals surface area contributed by atoms with Gasteiger partial charge in [0.05, 0.1) is 12.1 Å². The minimum Gasteiger partial charge on any atom is -0.341 e. The first kappa shape index (κ1) is 19.7. The molecule has 4 rings (SSSR count). The van der Waals surface area contributed by atoms with E-state index in [1.165, 1.54) is 10.6 Å². The summed E-state index contributed by atoms with van der Waals surface area (Å²) < 4.78 is 55.5. The Hall–Kier alpha value is -2.65. The number of nitrogens with zero attached hydrogens (tertiary/aromatic N) is 4. The molecule has 10 heteroatoms. The predicted molar refractivity (Wildman–Crippen MR) is 94.8 cm³/mol. The molecule has 3 heterocycles. The van der Waals surface area contributed by atoms with E-state index in [-0.39, 0.29) is 11.5 Å². The lowest BCUT2D eigenvalue weighted by atomic mass is 10.0. The monoisotopic (exact) mass is 412 g/mol. The molecule has 2 aliphatic heterocycles. The zero-order valence-electron chi connectivity index (χ0n) is 15.6. The van der Waals surface area contributed by atoms with E-state index < -0.39 is 35.8 Å². The number of carbonyl (C=O) groups is 1. The summed E-state index contributed by atoms with van der Waals surface area (Å²) in [4.78, 5) is 27.5. The zero-order valence-corrected chi connectivity index (χ0v) is 15.6. The highest BCUT2D eigenvalue weighted by Gasteiger charge is 2.36. The molecular formula is C19H20F4N4O2. The standard InChI is InChI=1S/C19H20F4N4O2/c20-16-12(5-3-6-13(16)19(21,22)23)11-26-18(29)27-14(7-4-8-15(27)24-26)17(28)25-9-1-2-10-25/h3,5-6,14H,1-2,4,7-11H2. The fourth-order valence-electron chi connectivity index (χ4n) is 4.10. The van der Waals surface area contributed by atoms with Crippen molar-refractivity contribution in [1.82, 2.24) is 19.2 Å². The van der Waals surface area contributed by atoms with Crippen LogP contribution in [0, 0.1) is 5.82 Å². The van der Waals surface area contributed by atoms with Crippen molar-refractivity contribution >= 4 is 5.91 Å². The van der Waals surface area contributed by atoms with Gasteiger partial charge in [-0.2, -0.15) is 18.3 Å². The van der Waals surface area contributed by atoms with Gasteiger partial charge in [0.1, 0.15) is 17.7 Å². The van der Waals surface area contributed by atoms with Gasteiger partial charge in [-0.1, -0.05) is 12.1 Å². The maximum Gasteiger partial charge on any atom is 0.419 e. The number of fused-ring (bicyclic) bond motifs is 1. The van der Waals surface area contributed by atoms with Crippen molar-refractivity contribution in [2.75, 3.05) is 13.1 Å². The highest BCUT2D eigenvalue weighted by atomic mass is 19.4. The Morgan fingerprint density at radius 3 is 2.59 bits per heavy atom. The number of benzene rings is 1. The fraction of sp³-hybridized carbons (Fsp3) is 0.526. The number of aryl methyl sites for hydroxylation is 1. The number of hydrogen-bond acceptors (Lipinski definition) is 3. The quantitative estimate of drug-likeness (QED) is 0.729. The lowest BCUT2D eigenvalue weighted by Crippen LogP contribution is -2.41. The normalized spacial score (nSPS) is 19.4. The van der Waals surface area contributed by atoms with Crippen molar-refractivity contribution in [3.63, 3.8) is 0 Å². The molecule has 1 amide bonds. The smallest absolute Gasteiger partial charge is 0.341 e. The van der Waals surface area contributed by atoms with Crippen molar-refractivity contribution < 1.29 is 22.4 Å². The molecule has 1 saturated heterocycles. The SMILES string of the molecule is O=C(C1CCCc2nn(Cc3cccc(C(F)(F)F)c3F)c(=O)n21)N1CCCC1. The summed E-state index contributed by atoms with van der Waals surface area (Å²) >= 11 is 0. The predicted octanol–water partition coefficient (Wildman–Crippen LogP) is 2.75. The third-order valence-electron chi connectivity index (χ3n) is 5.54. The number of aromatic nitrogens is 3. The first-order valence-electron chi connectivity index (χ1n) is 9.59. The van der Waals surface area contributed by atoms with Gasteiger partial charge < -0.3 is 4.90 Å². The van der Waals surface area contributed by atoms with Crippen LogP contribution < -0.4 is 5.69 Å². The van der Waals surface area contributed by atoms with E-state index >= 15 is 0 Å². The number of amides is 1. The maximum absolute atomic E-state index is 14.3. The van der Waals surface area contributed by atoms with Crippen molar-refractivity contribution in [2.45, 2.75) is 50.9 Å². The van der Waals surface area contributed by atoms with E-state index in [9.17, 15) is 27.2 Å². The maximum atomic E-state index is 14.3. The van der Waals surface area contributed by atoms with Gasteiger partial charge in [-0.05, 0) is 31.7 Å². The average Bonchev–Trinajstić information content (AvgIpc) is 3.31. The molecule has 2 aliphatic rings. The lowest BCUT2D eigenvalue weighted by molar-refractivity contribution is -0.140. The summed E-state index contributed by atoms with van der Waals surface area (Å²) in [6, 6.07) is 2.29. The van der Waals surface area contributed by atoms with Crippen LogP contribution in [0.15, 0.2) is 23.0 Å². The van der Waals surface area contributed by atoms with Crippen molar-refractivity contribution in [3.05, 3.63) is 51.5 Å². The Morgan fingerprint density at radius 1 is 1.17 bits per heavy atom. The van der Waals surface area contributed by atoms with Gasteiger partial charge in [-0.25, -0.2) is 13.9 Å². The van der Waals surface area contributed by atoms with Gasteiger partial charge >= 0.3 is 11.9 Å². The van der Waals surface area contributed by atoms with Gasteiger partial charge in [-0.15, -0.1) is 0 Å². The van der Waals surface area contributed by atoms with Crippen molar-refractivity contribution in [3.8, 4) is 0 Å². The summed E-state index contributed by atoms with van der Waals surface area (Å²) in [5.41, 5.74) is -2.26. The molecule has 1 atom stereocenters. The Labute approximate surface area is 163 Å². The topological polar surface area (TPSA) is 60.1 Å². The van der Waals surface area contributed by atoms with Crippen molar-refractivity contribution in [2.24, 2.45) is 0 Å². The Kier molecular flexibility index (Phi) is 4.95. The number of hydrogen-bond donors (Lipinski definition) is 0. The van der Waals surface area contributed by atoms with Gasteiger partial charge in [0.2, 0.25) is 5.91 Å². The molecule has 2 aromatic rings. The average molecular weight is 412 g/mol. The minimum atomic E-state index is -4.83. The molecule has 0 radical (unpaired) electrons. The third kappa shape index (κ3) is 3.56. The summed E-state index contributed by atoms with van der Waals surface area (Å²) in [5.74, 6) is -1.14. The highest BCUT2D eigenvalue weighted by molar-refractivity contribution is 5.80. The first-order chi connectivity index (χ1) is 13.8. The third-order valence-corrected chi connectivity index (χ3v) is 5.54. The van der Waals surface area contributed by atoms with Crippen LogP contribution in [0.5, 0.6) is 0 Å². The number of alkyl halides is 3. The number of likely N-dealkylation sites (tertiary alicyclic amines) is 1. The van der Waals surface area contributed by atoms with E-state index in [0.717, 1.165) is 23.6 Å². The van der Waals surface area contributed by atoms with Crippen LogP contribution in [0.1, 0.15) is 48.7 Å². The molecule has 1 fully saturated rings. The van der Waals surface area contributed by atoms with E-state index in [4.69, 9.17) is 0 Å². The molecule has 0 aliphatic carbocycles. The molecule has 0 spiro atoms. The van der Waals surface area contributed by atoms with Crippen LogP contribution in [-0.4, -0.2) is 38.2 Å². The molecular weight excluding hydrogens is 392 g/mol. The van der Waals surface area contributed by atoms with E-state index in [0.29, 0.717) is 44.2 Å². The van der Waals surface area contributed by atoms with Crippen LogP contribution in [0.25, 0.3) is 0 Å². The van der Waals surface area contributed by atoms with Crippen LogP contribution in [0.3, 0.4) is 0 Å². The second-order valence-corrected chi connectivity index (χ2v) is 7.44. The second kappa shape index (κ2) is 7.31. The number of rotatable bonds is 3. The Bertz CT molecular complexity index is 989. The highest BCUT2D eigenvalue weighted by Crippen LogP contribution is 2.32. The van der Waals surface area contributed by atoms with E-state index in [1.54, 1.807) is 4.90 Å². The summed E-state index contributed by atoms with van der Waals surface area (Å²) in [7, 11) is 0. The molecule has 29 heavy (non-hydrogen) atoms. The van der Waals surface area contributed by atoms with Gasteiger partial charge in [-0.3, -0.25) is 9.36 Å². The molecule has 156 valence electrons. The minimum absolute atomic E-state index is 0.129. The van der Waals surface area contributed by atoms with Crippen LogP contribution in [-0.2, 0) is 23.9 Å². The largest absolute Gasteiger partial charge is 0.419 e. The van der Waals surface area contributed by atoms with E-state index in [2.05, 4.69) is 5.10 Å². The molecule has 1 aromatic carbocycles. The summed E-state index contributed by atoms with van der Waals surface area (Å²) in [5, 5.41) is 4.19. The fourth-order valence-corrected chi connectivity index (χ4v) is 4.10. The number of carbonyl (C=O) groups excluding carboxylic acids is 1. The Balaban J connectivity index is 1.67. The molecule has 1 unspecified atom stereocenters. The molecule has 0 saturated carbocycles. The molecule has 6 nitrogen and oxygen atoms in total. The van der Waals surface area contributed by atoms with Crippen LogP contribution in [0.2, 0.25) is 0 Å². The molecule has 0 N–H and O–H groups in total. The Morgan fingerprint density at radius 2 is 1.90 bits per heavy atom. The van der Waals surface area contributed by atoms with Gasteiger partial charge in [0.25, 0.3) is 0 Å². The summed E-state index contributed by atoms with van der Waals surface area (Å²) in [6.45, 7) is 0.880. The van der Waals surface area contributed by atoms with E-state index in [1.807, 2.05) is 0 Å². The van der Waals surface area contributed by atoms with Crippen molar-refractivity contribution in [1.29, 1.82) is 0 Å². The zero-order chi connectivity index (χ0) is 20.8. The molecule has 0 bridgehead atoms. The van der Waals surface area contributed by atoms with Gasteiger partial charge in [0.15, 0.2) is 0 Å². The second-order valence-electron chi connectivity index (χ2n) is 7.44. The van der Waals surface area contributed by atoms with Crippen LogP contribution in [0.4, 0.5) is 17.6 Å². The number of halogens is 4. The lowest BCUT2D eigenvalue weighted by Gasteiger charge is -2.27. The van der Waals surface area contributed by atoms with Crippen LogP contribution >= 0.6 is 0 Å². The van der Waals surface area contributed by atoms with Gasteiger partial charge in [0, 0.05) is 25.1 Å². The first-order valence-corrected chi connectivity index (χ1v) is 9.59.